The summed E-state index contributed by atoms with van der Waals surface area (Å²) in [6, 6.07) is -1.08. The SMILES string of the molecule is CO/N=C(\C(=O)N[C@@H]1C(=O)N2C(C(=O)OCOC(=O)C(C)(C)C)=C(C)CS[C@H]12)c1csc(N(COC(=O)C(C)(C)C)C(=O)OCOC(=O)C(C)(C)C)n1. The number of esters is 4. The van der Waals surface area contributed by atoms with Gasteiger partial charge in [0.2, 0.25) is 13.6 Å². The number of fused-ring (bicyclic) bond motifs is 1. The smallest absolute Gasteiger partial charge is 0.421 e. The number of oxime groups is 1. The second kappa shape index (κ2) is 17.0. The van der Waals surface area contributed by atoms with Crippen LogP contribution in [0.25, 0.3) is 0 Å². The number of thioether (sulfide) groups is 1. The largest absolute Gasteiger partial charge is 0.443 e. The standard InChI is InChI=1S/C33H45N5O13S2/c1-17-12-52-24-20(23(40)38(24)21(17)25(41)48-15-49-27(43)32(5,6)7)35-22(39)19(36-46-11)18-13-53-29(34-18)37(14-47-26(42)31(2,3)4)30(45)51-16-50-28(44)33(8,9)10/h13,20,24H,12,14-16H2,1-11H3,(H,35,39)/b36-19-/t20-,24-/m1/s1. The molecule has 0 aromatic carbocycles. The number of carbonyl (C=O) groups is 7. The van der Waals surface area contributed by atoms with Crippen molar-refractivity contribution in [3.8, 4) is 0 Å². The van der Waals surface area contributed by atoms with Gasteiger partial charge in [0.05, 0.1) is 16.2 Å². The molecule has 53 heavy (non-hydrogen) atoms. The lowest BCUT2D eigenvalue weighted by atomic mass is 9.97. The quantitative estimate of drug-likeness (QED) is 0.0803. The summed E-state index contributed by atoms with van der Waals surface area (Å²) < 4.78 is 25.6. The van der Waals surface area contributed by atoms with Gasteiger partial charge in [-0.25, -0.2) is 19.5 Å². The molecule has 1 aromatic heterocycles. The number of rotatable bonds is 12. The number of thiazole rings is 1. The second-order valence-electron chi connectivity index (χ2n) is 14.8. The van der Waals surface area contributed by atoms with E-state index >= 15 is 0 Å². The highest BCUT2D eigenvalue weighted by molar-refractivity contribution is 8.00. The van der Waals surface area contributed by atoms with Crippen LogP contribution in [0.2, 0.25) is 0 Å². The van der Waals surface area contributed by atoms with E-state index in [0.717, 1.165) is 16.2 Å². The molecule has 3 heterocycles. The third kappa shape index (κ3) is 10.7. The number of amides is 3. The summed E-state index contributed by atoms with van der Waals surface area (Å²) in [4.78, 5) is 101. The molecular formula is C33H45N5O13S2. The van der Waals surface area contributed by atoms with Gasteiger partial charge in [-0.15, -0.1) is 23.1 Å². The van der Waals surface area contributed by atoms with Crippen LogP contribution in [0.1, 0.15) is 74.9 Å². The van der Waals surface area contributed by atoms with Gasteiger partial charge in [-0.2, -0.15) is 0 Å². The zero-order valence-electron chi connectivity index (χ0n) is 31.5. The first-order valence-corrected chi connectivity index (χ1v) is 18.1. The molecule has 3 amide bonds. The van der Waals surface area contributed by atoms with Gasteiger partial charge in [-0.3, -0.25) is 28.9 Å². The molecule has 3 rings (SSSR count). The first kappa shape index (κ1) is 42.7. The highest BCUT2D eigenvalue weighted by Gasteiger charge is 2.54. The average Bonchev–Trinajstić information content (AvgIpc) is 3.53. The van der Waals surface area contributed by atoms with Gasteiger partial charge in [0, 0.05) is 11.1 Å². The first-order valence-electron chi connectivity index (χ1n) is 16.1. The van der Waals surface area contributed by atoms with Crippen molar-refractivity contribution in [3.63, 3.8) is 0 Å². The van der Waals surface area contributed by atoms with Gasteiger partial charge in [-0.1, -0.05) is 5.16 Å². The minimum Gasteiger partial charge on any atom is -0.443 e. The molecule has 20 heteroatoms. The van der Waals surface area contributed by atoms with Gasteiger partial charge in [-0.05, 0) is 74.8 Å². The molecular weight excluding hydrogens is 739 g/mol. The van der Waals surface area contributed by atoms with Crippen LogP contribution in [0.3, 0.4) is 0 Å². The van der Waals surface area contributed by atoms with Crippen molar-refractivity contribution in [1.29, 1.82) is 0 Å². The summed E-state index contributed by atoms with van der Waals surface area (Å²) in [5.41, 5.74) is -2.49. The molecule has 2 atom stereocenters. The predicted octanol–water partition coefficient (Wildman–Crippen LogP) is 3.29. The minimum absolute atomic E-state index is 0.0155. The Morgan fingerprint density at radius 2 is 1.43 bits per heavy atom. The molecule has 1 saturated heterocycles. The minimum atomic E-state index is -1.08. The molecule has 0 spiro atoms. The van der Waals surface area contributed by atoms with Crippen LogP contribution in [0, 0.1) is 16.2 Å². The fourth-order valence-electron chi connectivity index (χ4n) is 4.14. The van der Waals surface area contributed by atoms with Gasteiger partial charge >= 0.3 is 30.0 Å². The monoisotopic (exact) mass is 783 g/mol. The third-order valence-electron chi connectivity index (χ3n) is 7.14. The molecule has 0 aliphatic carbocycles. The first-order chi connectivity index (χ1) is 24.5. The number of carbonyl (C=O) groups excluding carboxylic acids is 7. The van der Waals surface area contributed by atoms with Crippen molar-refractivity contribution in [2.45, 2.75) is 80.7 Å². The number of aromatic nitrogens is 1. The number of hydrogen-bond donors (Lipinski definition) is 1. The van der Waals surface area contributed by atoms with Crippen molar-refractivity contribution in [1.82, 2.24) is 15.2 Å². The Hall–Kier alpha value is -4.72. The number of nitrogens with zero attached hydrogens (tertiary/aromatic N) is 4. The van der Waals surface area contributed by atoms with Crippen LogP contribution < -0.4 is 10.2 Å². The number of hydrogen-bond acceptors (Lipinski definition) is 17. The average molecular weight is 784 g/mol. The molecule has 18 nitrogen and oxygen atoms in total. The van der Waals surface area contributed by atoms with E-state index in [-0.39, 0.29) is 22.2 Å². The van der Waals surface area contributed by atoms with Crippen molar-refractivity contribution in [2.75, 3.05) is 38.1 Å². The molecule has 0 saturated carbocycles. The van der Waals surface area contributed by atoms with Gasteiger partial charge in [0.15, 0.2) is 17.6 Å². The Balaban J connectivity index is 1.75. The van der Waals surface area contributed by atoms with Crippen molar-refractivity contribution >= 4 is 75.7 Å². The van der Waals surface area contributed by atoms with E-state index in [1.165, 1.54) is 29.2 Å². The Morgan fingerprint density at radius 3 is 1.98 bits per heavy atom. The Morgan fingerprint density at radius 1 is 0.887 bits per heavy atom. The molecule has 1 N–H and O–H groups in total. The van der Waals surface area contributed by atoms with Crippen LogP contribution in [0.5, 0.6) is 0 Å². The van der Waals surface area contributed by atoms with Crippen molar-refractivity contribution in [2.24, 2.45) is 21.4 Å². The summed E-state index contributed by atoms with van der Waals surface area (Å²) in [5.74, 6) is -3.85. The van der Waals surface area contributed by atoms with Gasteiger partial charge < -0.3 is 33.8 Å². The van der Waals surface area contributed by atoms with Crippen LogP contribution >= 0.6 is 23.1 Å². The summed E-state index contributed by atoms with van der Waals surface area (Å²) in [7, 11) is 1.19. The molecule has 2 aliphatic heterocycles. The van der Waals surface area contributed by atoms with Gasteiger partial charge in [0.25, 0.3) is 11.8 Å². The number of ether oxygens (including phenoxy) is 5. The highest BCUT2D eigenvalue weighted by Crippen LogP contribution is 2.40. The molecule has 1 aromatic rings. The van der Waals surface area contributed by atoms with E-state index in [0.29, 0.717) is 11.3 Å². The van der Waals surface area contributed by atoms with Gasteiger partial charge in [0.1, 0.15) is 29.9 Å². The summed E-state index contributed by atoms with van der Waals surface area (Å²) in [6.45, 7) is 14.3. The maximum Gasteiger partial charge on any atom is 0.421 e. The molecule has 1 fully saturated rings. The lowest BCUT2D eigenvalue weighted by Crippen LogP contribution is -2.71. The van der Waals surface area contributed by atoms with E-state index in [1.54, 1.807) is 69.2 Å². The summed E-state index contributed by atoms with van der Waals surface area (Å²) >= 11 is 2.16. The highest BCUT2D eigenvalue weighted by atomic mass is 32.2. The van der Waals surface area contributed by atoms with Crippen LogP contribution in [-0.4, -0.2) is 102 Å². The van der Waals surface area contributed by atoms with Crippen molar-refractivity contribution in [3.05, 3.63) is 22.3 Å². The van der Waals surface area contributed by atoms with Crippen molar-refractivity contribution < 1.29 is 62.1 Å². The van der Waals surface area contributed by atoms with Crippen LogP contribution in [-0.2, 0) is 57.3 Å². The number of anilines is 1. The zero-order chi connectivity index (χ0) is 40.1. The van der Waals surface area contributed by atoms with E-state index in [2.05, 4.69) is 15.5 Å². The maximum absolute atomic E-state index is 13.5. The molecule has 0 radical (unpaired) electrons. The molecule has 2 aliphatic rings. The summed E-state index contributed by atoms with van der Waals surface area (Å²) in [5, 5.41) is 6.99. The fourth-order valence-corrected chi connectivity index (χ4v) is 6.22. The Kier molecular flexibility index (Phi) is 13.7. The van der Waals surface area contributed by atoms with E-state index < -0.39 is 89.8 Å². The number of nitrogens with one attached hydrogen (secondary N) is 1. The summed E-state index contributed by atoms with van der Waals surface area (Å²) in [6.07, 6.45) is -1.08. The van der Waals surface area contributed by atoms with Crippen LogP contribution in [0.15, 0.2) is 21.8 Å². The predicted molar refractivity (Wildman–Crippen MR) is 190 cm³/mol. The normalized spacial score (nSPS) is 17.5. The molecule has 0 bridgehead atoms. The Bertz CT molecular complexity index is 1680. The lowest BCUT2D eigenvalue weighted by molar-refractivity contribution is -0.173. The second-order valence-corrected chi connectivity index (χ2v) is 16.7. The van der Waals surface area contributed by atoms with E-state index in [1.807, 2.05) is 0 Å². The Labute approximate surface area is 314 Å². The topological polar surface area (TPSA) is 219 Å². The number of β-lactam (4-membered cyclic amide) rings is 1. The third-order valence-corrected chi connectivity index (χ3v) is 9.42. The van der Waals surface area contributed by atoms with E-state index in [4.69, 9.17) is 28.5 Å². The molecule has 0 unspecified atom stereocenters. The zero-order valence-corrected chi connectivity index (χ0v) is 33.1. The van der Waals surface area contributed by atoms with E-state index in [9.17, 15) is 33.6 Å². The molecule has 292 valence electrons. The fraction of sp³-hybridized carbons (Fsp3) is 0.606. The maximum atomic E-state index is 13.5. The lowest BCUT2D eigenvalue weighted by Gasteiger charge is -2.49. The van der Waals surface area contributed by atoms with Crippen LogP contribution in [0.4, 0.5) is 9.93 Å².